The molecule has 0 radical (unpaired) electrons. The second-order valence-corrected chi connectivity index (χ2v) is 6.53. The minimum atomic E-state index is -2.91. The molecule has 1 aliphatic carbocycles. The summed E-state index contributed by atoms with van der Waals surface area (Å²) < 4.78 is 25.4. The normalized spacial score (nSPS) is 29.6. The summed E-state index contributed by atoms with van der Waals surface area (Å²) in [6.07, 6.45) is 2.75. The molecular formula is C9H18N2O2S. The number of sulfonamides is 1. The van der Waals surface area contributed by atoms with Crippen LogP contribution in [0.25, 0.3) is 0 Å². The monoisotopic (exact) mass is 218 g/mol. The van der Waals surface area contributed by atoms with E-state index in [1.165, 1.54) is 0 Å². The van der Waals surface area contributed by atoms with E-state index in [2.05, 4.69) is 5.32 Å². The largest absolute Gasteiger partial charge is 0.319 e. The maximum absolute atomic E-state index is 11.9. The zero-order chi connectivity index (χ0) is 10.2. The van der Waals surface area contributed by atoms with Gasteiger partial charge >= 0.3 is 0 Å². The van der Waals surface area contributed by atoms with E-state index >= 15 is 0 Å². The molecule has 1 atom stereocenters. The highest BCUT2D eigenvalue weighted by Gasteiger charge is 2.42. The van der Waals surface area contributed by atoms with E-state index in [4.69, 9.17) is 0 Å². The zero-order valence-electron chi connectivity index (χ0n) is 8.57. The van der Waals surface area contributed by atoms with Crippen molar-refractivity contribution in [2.75, 3.05) is 26.7 Å². The first-order chi connectivity index (χ1) is 6.64. The predicted octanol–water partition coefficient (Wildman–Crippen LogP) is 0.0199. The minimum absolute atomic E-state index is 0.0455. The maximum Gasteiger partial charge on any atom is 0.216 e. The molecule has 1 saturated heterocycles. The fourth-order valence-electron chi connectivity index (χ4n) is 2.06. The third kappa shape index (κ3) is 1.94. The van der Waals surface area contributed by atoms with Crippen LogP contribution < -0.4 is 5.32 Å². The first kappa shape index (κ1) is 10.4. The lowest BCUT2D eigenvalue weighted by Gasteiger charge is -2.15. The molecule has 14 heavy (non-hydrogen) atoms. The Kier molecular flexibility index (Phi) is 2.81. The van der Waals surface area contributed by atoms with Crippen molar-refractivity contribution in [3.63, 3.8) is 0 Å². The summed E-state index contributed by atoms with van der Waals surface area (Å²) in [6.45, 7) is 2.38. The molecule has 0 spiro atoms. The van der Waals surface area contributed by atoms with Crippen molar-refractivity contribution in [1.82, 2.24) is 9.62 Å². The Hall–Kier alpha value is -0.130. The van der Waals surface area contributed by atoms with E-state index in [0.29, 0.717) is 5.92 Å². The van der Waals surface area contributed by atoms with Crippen molar-refractivity contribution in [3.8, 4) is 0 Å². The van der Waals surface area contributed by atoms with Crippen LogP contribution in [0.3, 0.4) is 0 Å². The molecule has 0 aromatic heterocycles. The summed E-state index contributed by atoms with van der Waals surface area (Å²) in [5.41, 5.74) is 0. The van der Waals surface area contributed by atoms with Gasteiger partial charge in [0.2, 0.25) is 10.0 Å². The van der Waals surface area contributed by atoms with Gasteiger partial charge in [-0.15, -0.1) is 0 Å². The van der Waals surface area contributed by atoms with Crippen molar-refractivity contribution in [1.29, 1.82) is 0 Å². The summed E-state index contributed by atoms with van der Waals surface area (Å²) in [5.74, 6) is 0.508. The average molecular weight is 218 g/mol. The van der Waals surface area contributed by atoms with E-state index in [0.717, 1.165) is 38.9 Å². The summed E-state index contributed by atoms with van der Waals surface area (Å²) in [6, 6.07) is 0. The molecule has 4 nitrogen and oxygen atoms in total. The highest BCUT2D eigenvalue weighted by atomic mass is 32.2. The molecule has 1 aliphatic heterocycles. The number of hydrogen-bond donors (Lipinski definition) is 1. The molecule has 0 amide bonds. The molecule has 5 heteroatoms. The molecule has 1 unspecified atom stereocenters. The lowest BCUT2D eigenvalue weighted by atomic mass is 10.1. The molecule has 0 aromatic carbocycles. The first-order valence-corrected chi connectivity index (χ1v) is 6.78. The Morgan fingerprint density at radius 2 is 2.07 bits per heavy atom. The smallest absolute Gasteiger partial charge is 0.216 e. The van der Waals surface area contributed by atoms with Crippen LogP contribution in [0.1, 0.15) is 19.3 Å². The lowest BCUT2D eigenvalue weighted by Crippen LogP contribution is -2.32. The van der Waals surface area contributed by atoms with Gasteiger partial charge in [0.1, 0.15) is 0 Å². The van der Waals surface area contributed by atoms with Gasteiger partial charge in [0.05, 0.1) is 5.25 Å². The molecule has 0 aromatic rings. The molecule has 1 N–H and O–H groups in total. The standard InChI is InChI=1S/C9H18N2O2S/c1-10-6-8-4-5-11(7-8)14(12,13)9-2-3-9/h8-10H,2-7H2,1H3. The third-order valence-corrected chi connectivity index (χ3v) is 5.41. The van der Waals surface area contributed by atoms with Crippen molar-refractivity contribution in [2.24, 2.45) is 5.92 Å². The first-order valence-electron chi connectivity index (χ1n) is 5.28. The molecule has 2 aliphatic rings. The van der Waals surface area contributed by atoms with Gasteiger partial charge in [0.15, 0.2) is 0 Å². The van der Waals surface area contributed by atoms with Crippen LogP contribution in [0.4, 0.5) is 0 Å². The minimum Gasteiger partial charge on any atom is -0.319 e. The van der Waals surface area contributed by atoms with Crippen LogP contribution in [-0.2, 0) is 10.0 Å². The van der Waals surface area contributed by atoms with E-state index in [1.54, 1.807) is 4.31 Å². The summed E-state index contributed by atoms with van der Waals surface area (Å²) in [4.78, 5) is 0. The molecule has 0 bridgehead atoms. The van der Waals surface area contributed by atoms with Crippen LogP contribution in [0.5, 0.6) is 0 Å². The van der Waals surface area contributed by atoms with Crippen LogP contribution in [0.2, 0.25) is 0 Å². The highest BCUT2D eigenvalue weighted by molar-refractivity contribution is 7.90. The third-order valence-electron chi connectivity index (χ3n) is 3.05. The van der Waals surface area contributed by atoms with Crippen LogP contribution >= 0.6 is 0 Å². The SMILES string of the molecule is CNCC1CCN(S(=O)(=O)C2CC2)C1. The Bertz CT molecular complexity index is 298. The Balaban J connectivity index is 1.94. The van der Waals surface area contributed by atoms with Gasteiger partial charge in [-0.1, -0.05) is 0 Å². The molecule has 2 rings (SSSR count). The molecule has 82 valence electrons. The Morgan fingerprint density at radius 1 is 1.36 bits per heavy atom. The molecule has 2 fully saturated rings. The Morgan fingerprint density at radius 3 is 2.64 bits per heavy atom. The van der Waals surface area contributed by atoms with Gasteiger partial charge in [-0.2, -0.15) is 0 Å². The van der Waals surface area contributed by atoms with Crippen molar-refractivity contribution in [2.45, 2.75) is 24.5 Å². The average Bonchev–Trinajstić information content (AvgIpc) is 2.89. The van der Waals surface area contributed by atoms with Crippen molar-refractivity contribution in [3.05, 3.63) is 0 Å². The summed E-state index contributed by atoms with van der Waals surface area (Å²) >= 11 is 0. The van der Waals surface area contributed by atoms with Gasteiger partial charge < -0.3 is 5.32 Å². The molecular weight excluding hydrogens is 200 g/mol. The molecule has 1 saturated carbocycles. The fraction of sp³-hybridized carbons (Fsp3) is 1.00. The quantitative estimate of drug-likeness (QED) is 0.724. The zero-order valence-corrected chi connectivity index (χ0v) is 9.39. The summed E-state index contributed by atoms with van der Waals surface area (Å²) in [5, 5.41) is 3.06. The maximum atomic E-state index is 11.9. The molecule has 1 heterocycles. The predicted molar refractivity (Wildman–Crippen MR) is 55.5 cm³/mol. The van der Waals surface area contributed by atoms with Crippen LogP contribution in [-0.4, -0.2) is 44.7 Å². The fourth-order valence-corrected chi connectivity index (χ4v) is 3.99. The van der Waals surface area contributed by atoms with E-state index < -0.39 is 10.0 Å². The summed E-state index contributed by atoms with van der Waals surface area (Å²) in [7, 11) is -0.996. The van der Waals surface area contributed by atoms with Gasteiger partial charge in [0.25, 0.3) is 0 Å². The highest BCUT2D eigenvalue weighted by Crippen LogP contribution is 2.33. The van der Waals surface area contributed by atoms with E-state index in [9.17, 15) is 8.42 Å². The van der Waals surface area contributed by atoms with Gasteiger partial charge in [0, 0.05) is 13.1 Å². The van der Waals surface area contributed by atoms with Gasteiger partial charge in [-0.05, 0) is 38.8 Å². The lowest BCUT2D eigenvalue weighted by molar-refractivity contribution is 0.450. The number of nitrogens with zero attached hydrogens (tertiary/aromatic N) is 1. The number of nitrogens with one attached hydrogen (secondary N) is 1. The van der Waals surface area contributed by atoms with Crippen LogP contribution in [0.15, 0.2) is 0 Å². The topological polar surface area (TPSA) is 49.4 Å². The second-order valence-electron chi connectivity index (χ2n) is 4.31. The second kappa shape index (κ2) is 3.79. The van der Waals surface area contributed by atoms with Gasteiger partial charge in [-0.25, -0.2) is 12.7 Å². The number of hydrogen-bond acceptors (Lipinski definition) is 3. The Labute approximate surface area is 85.7 Å². The van der Waals surface area contributed by atoms with Crippen molar-refractivity contribution >= 4 is 10.0 Å². The van der Waals surface area contributed by atoms with E-state index in [1.807, 2.05) is 7.05 Å². The van der Waals surface area contributed by atoms with Crippen molar-refractivity contribution < 1.29 is 8.42 Å². The van der Waals surface area contributed by atoms with Gasteiger partial charge in [-0.3, -0.25) is 0 Å². The van der Waals surface area contributed by atoms with E-state index in [-0.39, 0.29) is 5.25 Å². The number of rotatable bonds is 4. The van der Waals surface area contributed by atoms with Crippen LogP contribution in [0, 0.1) is 5.92 Å².